The zero-order valence-electron chi connectivity index (χ0n) is 12.1. The highest BCUT2D eigenvalue weighted by Crippen LogP contribution is 2.39. The molecule has 1 aromatic carbocycles. The van der Waals surface area contributed by atoms with E-state index in [9.17, 15) is 0 Å². The number of rotatable bonds is 4. The third kappa shape index (κ3) is 3.51. The van der Waals surface area contributed by atoms with Crippen LogP contribution in [-0.4, -0.2) is 13.2 Å². The van der Waals surface area contributed by atoms with Crippen molar-refractivity contribution in [2.75, 3.05) is 13.2 Å². The van der Waals surface area contributed by atoms with Crippen LogP contribution in [0.1, 0.15) is 63.1 Å². The van der Waals surface area contributed by atoms with Crippen LogP contribution >= 0.6 is 15.9 Å². The molecule has 1 aliphatic heterocycles. The Labute approximate surface area is 125 Å². The summed E-state index contributed by atoms with van der Waals surface area (Å²) in [7, 11) is 0. The monoisotopic (exact) mass is 325 g/mol. The fourth-order valence-corrected chi connectivity index (χ4v) is 3.13. The van der Waals surface area contributed by atoms with Gasteiger partial charge in [-0.3, -0.25) is 0 Å². The topological polar surface area (TPSA) is 21.3 Å². The first-order chi connectivity index (χ1) is 9.13. The lowest BCUT2D eigenvalue weighted by molar-refractivity contribution is 0.311. The van der Waals surface area contributed by atoms with E-state index in [1.807, 2.05) is 0 Å². The number of benzene rings is 1. The molecule has 1 heterocycles. The zero-order chi connectivity index (χ0) is 13.8. The largest absolute Gasteiger partial charge is 0.493 e. The molecule has 0 aliphatic carbocycles. The number of nitrogens with one attached hydrogen (secondary N) is 1. The first kappa shape index (κ1) is 14.9. The molecule has 1 unspecified atom stereocenters. The average Bonchev–Trinajstić information content (AvgIpc) is 2.57. The second-order valence-corrected chi connectivity index (χ2v) is 6.48. The van der Waals surface area contributed by atoms with Crippen LogP contribution in [0.15, 0.2) is 16.6 Å². The van der Waals surface area contributed by atoms with Crippen molar-refractivity contribution >= 4 is 15.9 Å². The van der Waals surface area contributed by atoms with Gasteiger partial charge in [-0.1, -0.05) is 36.7 Å². The summed E-state index contributed by atoms with van der Waals surface area (Å²) < 4.78 is 7.20. The molecule has 0 fully saturated rings. The zero-order valence-corrected chi connectivity index (χ0v) is 13.7. The highest BCUT2D eigenvalue weighted by atomic mass is 79.9. The predicted octanol–water partition coefficient (Wildman–Crippen LogP) is 4.79. The van der Waals surface area contributed by atoms with Crippen LogP contribution in [0.25, 0.3) is 0 Å². The van der Waals surface area contributed by atoms with Gasteiger partial charge in [-0.25, -0.2) is 0 Å². The van der Waals surface area contributed by atoms with E-state index in [4.69, 9.17) is 4.74 Å². The van der Waals surface area contributed by atoms with Crippen LogP contribution in [0, 0.1) is 0 Å². The van der Waals surface area contributed by atoms with Gasteiger partial charge in [0.05, 0.1) is 6.61 Å². The van der Waals surface area contributed by atoms with Gasteiger partial charge in [0.25, 0.3) is 0 Å². The van der Waals surface area contributed by atoms with Gasteiger partial charge in [-0.05, 0) is 49.4 Å². The van der Waals surface area contributed by atoms with Gasteiger partial charge in [-0.15, -0.1) is 0 Å². The molecule has 0 saturated carbocycles. The standard InChI is InChI=1S/C16H24BrNO/c1-4-7-18-15-6-5-8-19-16-13(11(2)3)9-12(17)10-14(15)16/h9-11,15,18H,4-8H2,1-3H3. The summed E-state index contributed by atoms with van der Waals surface area (Å²) in [5.74, 6) is 1.60. The Bertz CT molecular complexity index is 431. The summed E-state index contributed by atoms with van der Waals surface area (Å²) in [4.78, 5) is 0. The smallest absolute Gasteiger partial charge is 0.127 e. The second-order valence-electron chi connectivity index (χ2n) is 5.57. The van der Waals surface area contributed by atoms with E-state index < -0.39 is 0 Å². The molecule has 106 valence electrons. The summed E-state index contributed by atoms with van der Waals surface area (Å²) in [6.45, 7) is 8.56. The van der Waals surface area contributed by atoms with Crippen LogP contribution in [0.4, 0.5) is 0 Å². The minimum Gasteiger partial charge on any atom is -0.493 e. The SMILES string of the molecule is CCCNC1CCCOc2c(C(C)C)cc(Br)cc21. The second kappa shape index (κ2) is 6.76. The first-order valence-corrected chi connectivity index (χ1v) is 8.12. The predicted molar refractivity (Wildman–Crippen MR) is 84.0 cm³/mol. The molecule has 0 aromatic heterocycles. The summed E-state index contributed by atoms with van der Waals surface area (Å²) in [6, 6.07) is 4.85. The summed E-state index contributed by atoms with van der Waals surface area (Å²) >= 11 is 3.65. The normalized spacial score (nSPS) is 18.9. The lowest BCUT2D eigenvalue weighted by Crippen LogP contribution is -2.22. The molecule has 0 radical (unpaired) electrons. The number of fused-ring (bicyclic) bond motifs is 1. The van der Waals surface area contributed by atoms with Crippen LogP contribution in [0.5, 0.6) is 5.75 Å². The van der Waals surface area contributed by atoms with Crippen molar-refractivity contribution in [2.24, 2.45) is 0 Å². The molecule has 2 rings (SSSR count). The van der Waals surface area contributed by atoms with Crippen LogP contribution < -0.4 is 10.1 Å². The van der Waals surface area contributed by atoms with Crippen molar-refractivity contribution in [3.63, 3.8) is 0 Å². The van der Waals surface area contributed by atoms with Gasteiger partial charge < -0.3 is 10.1 Å². The lowest BCUT2D eigenvalue weighted by Gasteiger charge is -2.21. The molecule has 1 N–H and O–H groups in total. The highest BCUT2D eigenvalue weighted by molar-refractivity contribution is 9.10. The maximum absolute atomic E-state index is 6.05. The minimum absolute atomic E-state index is 0.424. The van der Waals surface area contributed by atoms with Gasteiger partial charge in [0.1, 0.15) is 5.75 Å². The number of hydrogen-bond donors (Lipinski definition) is 1. The average molecular weight is 326 g/mol. The Morgan fingerprint density at radius 1 is 1.42 bits per heavy atom. The molecule has 19 heavy (non-hydrogen) atoms. The van der Waals surface area contributed by atoms with Crippen molar-refractivity contribution in [2.45, 2.75) is 52.0 Å². The van der Waals surface area contributed by atoms with E-state index in [0.29, 0.717) is 12.0 Å². The Morgan fingerprint density at radius 2 is 2.21 bits per heavy atom. The van der Waals surface area contributed by atoms with Crippen molar-refractivity contribution in [1.82, 2.24) is 5.32 Å². The maximum atomic E-state index is 6.05. The maximum Gasteiger partial charge on any atom is 0.127 e. The van der Waals surface area contributed by atoms with Gasteiger partial charge in [-0.2, -0.15) is 0 Å². The summed E-state index contributed by atoms with van der Waals surface area (Å²) in [5.41, 5.74) is 2.64. The Kier molecular flexibility index (Phi) is 5.28. The van der Waals surface area contributed by atoms with Gasteiger partial charge >= 0.3 is 0 Å². The molecule has 1 aromatic rings. The molecule has 3 heteroatoms. The van der Waals surface area contributed by atoms with Gasteiger partial charge in [0, 0.05) is 16.1 Å². The molecule has 0 spiro atoms. The van der Waals surface area contributed by atoms with Gasteiger partial charge in [0.2, 0.25) is 0 Å². The first-order valence-electron chi connectivity index (χ1n) is 7.33. The Morgan fingerprint density at radius 3 is 2.89 bits per heavy atom. The van der Waals surface area contributed by atoms with E-state index in [2.05, 4.69) is 54.2 Å². The van der Waals surface area contributed by atoms with E-state index in [1.54, 1.807) is 0 Å². The summed E-state index contributed by atoms with van der Waals surface area (Å²) in [6.07, 6.45) is 3.43. The van der Waals surface area contributed by atoms with E-state index in [1.165, 1.54) is 11.1 Å². The van der Waals surface area contributed by atoms with E-state index in [0.717, 1.165) is 42.6 Å². The molecular formula is C16H24BrNO. The molecule has 1 aliphatic rings. The number of hydrogen-bond acceptors (Lipinski definition) is 2. The number of ether oxygens (including phenoxy) is 1. The fourth-order valence-electron chi connectivity index (χ4n) is 2.64. The van der Waals surface area contributed by atoms with E-state index >= 15 is 0 Å². The van der Waals surface area contributed by atoms with Crippen molar-refractivity contribution in [1.29, 1.82) is 0 Å². The van der Waals surface area contributed by atoms with Gasteiger partial charge in [0.15, 0.2) is 0 Å². The molecule has 0 amide bonds. The van der Waals surface area contributed by atoms with Crippen LogP contribution in [0.2, 0.25) is 0 Å². The lowest BCUT2D eigenvalue weighted by atomic mass is 9.94. The van der Waals surface area contributed by atoms with E-state index in [-0.39, 0.29) is 0 Å². The van der Waals surface area contributed by atoms with Crippen molar-refractivity contribution in [3.05, 3.63) is 27.7 Å². The van der Waals surface area contributed by atoms with Crippen molar-refractivity contribution in [3.8, 4) is 5.75 Å². The Hall–Kier alpha value is -0.540. The quantitative estimate of drug-likeness (QED) is 0.859. The number of halogens is 1. The molecule has 2 nitrogen and oxygen atoms in total. The third-order valence-electron chi connectivity index (χ3n) is 3.63. The molecular weight excluding hydrogens is 302 g/mol. The molecule has 1 atom stereocenters. The van der Waals surface area contributed by atoms with Crippen LogP contribution in [0.3, 0.4) is 0 Å². The molecule has 0 saturated heterocycles. The van der Waals surface area contributed by atoms with Crippen LogP contribution in [-0.2, 0) is 0 Å². The summed E-state index contributed by atoms with van der Waals surface area (Å²) in [5, 5.41) is 3.66. The Balaban J connectivity index is 2.41. The van der Waals surface area contributed by atoms with Crippen molar-refractivity contribution < 1.29 is 4.74 Å². The fraction of sp³-hybridized carbons (Fsp3) is 0.625. The molecule has 0 bridgehead atoms. The highest BCUT2D eigenvalue weighted by Gasteiger charge is 2.23. The third-order valence-corrected chi connectivity index (χ3v) is 4.09. The minimum atomic E-state index is 0.424.